The van der Waals surface area contributed by atoms with E-state index in [-0.39, 0.29) is 19.2 Å². The predicted octanol–water partition coefficient (Wildman–Crippen LogP) is 2.74. The topological polar surface area (TPSA) is 78.9 Å². The van der Waals surface area contributed by atoms with Gasteiger partial charge < -0.3 is 14.2 Å². The zero-order valence-electron chi connectivity index (χ0n) is 14.2. The van der Waals surface area contributed by atoms with Crippen molar-refractivity contribution in [2.24, 2.45) is 0 Å². The van der Waals surface area contributed by atoms with E-state index in [1.54, 1.807) is 6.92 Å². The van der Waals surface area contributed by atoms with Crippen molar-refractivity contribution in [2.75, 3.05) is 19.8 Å². The number of esters is 3. The van der Waals surface area contributed by atoms with E-state index < -0.39 is 11.9 Å². The molecule has 0 atom stereocenters. The van der Waals surface area contributed by atoms with Crippen LogP contribution in [0.2, 0.25) is 0 Å². The van der Waals surface area contributed by atoms with Gasteiger partial charge in [-0.2, -0.15) is 0 Å². The number of carbonyl (C=O) groups excluding carboxylic acids is 3. The lowest BCUT2D eigenvalue weighted by atomic mass is 10.3. The van der Waals surface area contributed by atoms with Gasteiger partial charge in [-0.05, 0) is 20.3 Å². The van der Waals surface area contributed by atoms with Gasteiger partial charge >= 0.3 is 17.9 Å². The Morgan fingerprint density at radius 3 is 1.70 bits per heavy atom. The fourth-order valence-electron chi connectivity index (χ4n) is 0.891. The lowest BCUT2D eigenvalue weighted by molar-refractivity contribution is -0.146. The van der Waals surface area contributed by atoms with Crippen molar-refractivity contribution in [3.63, 3.8) is 0 Å². The van der Waals surface area contributed by atoms with Crippen molar-refractivity contribution in [1.82, 2.24) is 0 Å². The number of unbranched alkanes of at least 4 members (excludes halogenated alkanes) is 1. The Labute approximate surface area is 137 Å². The molecule has 0 N–H and O–H groups in total. The van der Waals surface area contributed by atoms with Gasteiger partial charge in [-0.3, -0.25) is 0 Å². The van der Waals surface area contributed by atoms with Gasteiger partial charge in [0.2, 0.25) is 0 Å². The molecule has 0 aliphatic carbocycles. The van der Waals surface area contributed by atoms with Crippen molar-refractivity contribution >= 4 is 17.9 Å². The van der Waals surface area contributed by atoms with Gasteiger partial charge in [0.05, 0.1) is 6.61 Å². The first-order valence-corrected chi connectivity index (χ1v) is 7.20. The summed E-state index contributed by atoms with van der Waals surface area (Å²) in [6.45, 7) is 15.9. The third-order valence-corrected chi connectivity index (χ3v) is 2.16. The first kappa shape index (κ1) is 22.9. The van der Waals surface area contributed by atoms with Gasteiger partial charge in [0, 0.05) is 17.2 Å². The maximum absolute atomic E-state index is 10.8. The summed E-state index contributed by atoms with van der Waals surface area (Å²) in [5, 5.41) is 0. The standard InChI is InChI=1S/C9H12O4.C8H14O2/c1-4-8(10)12-5-6-13-9(11)7(2)3;1-4-5-6-10-8(9)7(2)3/h4H,1-2,5-6H2,3H3;2,4-6H2,1,3H3. The van der Waals surface area contributed by atoms with Crippen molar-refractivity contribution in [3.8, 4) is 0 Å². The molecule has 0 aromatic rings. The molecule has 0 aromatic heterocycles. The van der Waals surface area contributed by atoms with Crippen LogP contribution in [0.25, 0.3) is 0 Å². The molecule has 0 bridgehead atoms. The highest BCUT2D eigenvalue weighted by Gasteiger charge is 2.02. The van der Waals surface area contributed by atoms with Crippen LogP contribution in [0.3, 0.4) is 0 Å². The highest BCUT2D eigenvalue weighted by atomic mass is 16.6. The number of carbonyl (C=O) groups is 3. The Bertz CT molecular complexity index is 436. The number of hydrogen-bond acceptors (Lipinski definition) is 6. The molecule has 0 saturated heterocycles. The van der Waals surface area contributed by atoms with E-state index in [9.17, 15) is 14.4 Å². The van der Waals surface area contributed by atoms with Crippen LogP contribution in [0.5, 0.6) is 0 Å². The summed E-state index contributed by atoms with van der Waals surface area (Å²) in [5.41, 5.74) is 0.783. The van der Waals surface area contributed by atoms with Crippen molar-refractivity contribution in [2.45, 2.75) is 33.6 Å². The Kier molecular flexibility index (Phi) is 14.5. The minimum atomic E-state index is -0.536. The molecule has 0 saturated carbocycles. The smallest absolute Gasteiger partial charge is 0.333 e. The second kappa shape index (κ2) is 14.6. The maximum Gasteiger partial charge on any atom is 0.333 e. The summed E-state index contributed by atoms with van der Waals surface area (Å²) >= 11 is 0. The van der Waals surface area contributed by atoms with E-state index in [0.29, 0.717) is 17.8 Å². The van der Waals surface area contributed by atoms with E-state index in [0.717, 1.165) is 18.9 Å². The maximum atomic E-state index is 10.8. The molecule has 0 spiro atoms. The molecule has 0 unspecified atom stereocenters. The van der Waals surface area contributed by atoms with E-state index >= 15 is 0 Å². The number of hydrogen-bond donors (Lipinski definition) is 0. The predicted molar refractivity (Wildman–Crippen MR) is 87.6 cm³/mol. The van der Waals surface area contributed by atoms with Crippen LogP contribution in [0.1, 0.15) is 33.6 Å². The Hall–Kier alpha value is -2.37. The molecule has 0 aromatic carbocycles. The van der Waals surface area contributed by atoms with Crippen LogP contribution in [-0.2, 0) is 28.6 Å². The Morgan fingerprint density at radius 1 is 0.870 bits per heavy atom. The van der Waals surface area contributed by atoms with Gasteiger partial charge in [0.25, 0.3) is 0 Å². The van der Waals surface area contributed by atoms with E-state index in [1.165, 1.54) is 6.92 Å². The molecule has 0 radical (unpaired) electrons. The molecule has 6 heteroatoms. The van der Waals surface area contributed by atoms with Crippen LogP contribution in [-0.4, -0.2) is 37.7 Å². The highest BCUT2D eigenvalue weighted by molar-refractivity contribution is 5.87. The lowest BCUT2D eigenvalue weighted by Crippen LogP contribution is -2.12. The summed E-state index contributed by atoms with van der Waals surface area (Å²) < 4.78 is 14.0. The molecule has 0 rings (SSSR count). The average Bonchev–Trinajstić information content (AvgIpc) is 2.51. The number of rotatable bonds is 9. The summed E-state index contributed by atoms with van der Waals surface area (Å²) in [7, 11) is 0. The first-order valence-electron chi connectivity index (χ1n) is 7.20. The highest BCUT2D eigenvalue weighted by Crippen LogP contribution is 1.94. The minimum absolute atomic E-state index is 0.0316. The van der Waals surface area contributed by atoms with Crippen molar-refractivity contribution < 1.29 is 28.6 Å². The summed E-state index contributed by atoms with van der Waals surface area (Å²) in [6, 6.07) is 0. The van der Waals surface area contributed by atoms with E-state index in [2.05, 4.69) is 36.1 Å². The molecule has 0 aliphatic rings. The van der Waals surface area contributed by atoms with Crippen LogP contribution in [0, 0.1) is 0 Å². The molecule has 0 amide bonds. The minimum Gasteiger partial charge on any atom is -0.462 e. The summed E-state index contributed by atoms with van der Waals surface area (Å²) in [4.78, 5) is 32.0. The molecule has 0 aliphatic heterocycles. The molecule has 0 heterocycles. The van der Waals surface area contributed by atoms with Gasteiger partial charge in [0.1, 0.15) is 13.2 Å². The van der Waals surface area contributed by atoms with Gasteiger partial charge in [-0.25, -0.2) is 14.4 Å². The second-order valence-corrected chi connectivity index (χ2v) is 4.56. The summed E-state index contributed by atoms with van der Waals surface area (Å²) in [6.07, 6.45) is 3.02. The monoisotopic (exact) mass is 326 g/mol. The van der Waals surface area contributed by atoms with Gasteiger partial charge in [0.15, 0.2) is 0 Å². The van der Waals surface area contributed by atoms with Crippen molar-refractivity contribution in [1.29, 1.82) is 0 Å². The fraction of sp³-hybridized carbons (Fsp3) is 0.471. The molecule has 130 valence electrons. The SMILES string of the molecule is C=C(C)C(=O)OCCCC.C=CC(=O)OCCOC(=O)C(=C)C. The normalized spacial score (nSPS) is 8.83. The largest absolute Gasteiger partial charge is 0.462 e. The zero-order chi connectivity index (χ0) is 18.3. The molecule has 6 nitrogen and oxygen atoms in total. The van der Waals surface area contributed by atoms with E-state index in [1.807, 2.05) is 0 Å². The third-order valence-electron chi connectivity index (χ3n) is 2.16. The average molecular weight is 326 g/mol. The van der Waals surface area contributed by atoms with Crippen LogP contribution >= 0.6 is 0 Å². The van der Waals surface area contributed by atoms with Crippen molar-refractivity contribution in [3.05, 3.63) is 37.0 Å². The first-order chi connectivity index (χ1) is 10.8. The third kappa shape index (κ3) is 15.8. The molecule has 23 heavy (non-hydrogen) atoms. The zero-order valence-corrected chi connectivity index (χ0v) is 14.2. The summed E-state index contributed by atoms with van der Waals surface area (Å²) in [5.74, 6) is -1.31. The van der Waals surface area contributed by atoms with E-state index in [4.69, 9.17) is 4.74 Å². The molecular formula is C17H26O6. The number of ether oxygens (including phenoxy) is 3. The second-order valence-electron chi connectivity index (χ2n) is 4.56. The molecular weight excluding hydrogens is 300 g/mol. The fourth-order valence-corrected chi connectivity index (χ4v) is 0.891. The quantitative estimate of drug-likeness (QED) is 0.280. The van der Waals surface area contributed by atoms with Crippen LogP contribution in [0.15, 0.2) is 37.0 Å². The van der Waals surface area contributed by atoms with Crippen LogP contribution < -0.4 is 0 Å². The van der Waals surface area contributed by atoms with Gasteiger partial charge in [-0.1, -0.05) is 33.1 Å². The van der Waals surface area contributed by atoms with Gasteiger partial charge in [-0.15, -0.1) is 0 Å². The Balaban J connectivity index is 0. The lowest BCUT2D eigenvalue weighted by Gasteiger charge is -2.03. The van der Waals surface area contributed by atoms with Crippen LogP contribution in [0.4, 0.5) is 0 Å². The molecule has 0 fully saturated rings. The Morgan fingerprint density at radius 2 is 1.30 bits per heavy atom.